The molecule has 0 radical (unpaired) electrons. The molecule has 3 aromatic carbocycles. The van der Waals surface area contributed by atoms with Gasteiger partial charge in [0.05, 0.1) is 35.5 Å². The van der Waals surface area contributed by atoms with Gasteiger partial charge < -0.3 is 19.3 Å². The minimum atomic E-state index is -0.884. The van der Waals surface area contributed by atoms with E-state index in [1.165, 1.54) is 16.2 Å². The Kier molecular flexibility index (Phi) is 7.60. The molecule has 1 fully saturated rings. The number of aromatic nitrogens is 1. The first-order valence-electron chi connectivity index (χ1n) is 14.2. The molecule has 0 saturated carbocycles. The number of aliphatic hydroxyl groups is 1. The third-order valence-electron chi connectivity index (χ3n) is 7.62. The number of nitrogens with zero attached hydrogens (tertiary/aromatic N) is 2. The van der Waals surface area contributed by atoms with Crippen LogP contribution in [0.3, 0.4) is 0 Å². The Morgan fingerprint density at radius 3 is 2.62 bits per heavy atom. The summed E-state index contributed by atoms with van der Waals surface area (Å²) in [5.74, 6) is 0.388. The number of rotatable bonds is 9. The molecule has 2 atom stereocenters. The zero-order valence-electron chi connectivity index (χ0n) is 23.8. The van der Waals surface area contributed by atoms with Crippen molar-refractivity contribution in [2.45, 2.75) is 51.7 Å². The Hall–Kier alpha value is -4.37. The second kappa shape index (κ2) is 11.5. The lowest BCUT2D eigenvalue weighted by molar-refractivity contribution is -0.132. The lowest BCUT2D eigenvalue weighted by Crippen LogP contribution is -2.29. The molecule has 0 unspecified atom stereocenters. The molecule has 1 aromatic heterocycles. The molecule has 42 heavy (non-hydrogen) atoms. The van der Waals surface area contributed by atoms with Crippen molar-refractivity contribution in [2.24, 2.45) is 0 Å². The van der Waals surface area contributed by atoms with Crippen LogP contribution in [0.25, 0.3) is 16.0 Å². The van der Waals surface area contributed by atoms with E-state index in [1.807, 2.05) is 49.4 Å². The first-order valence-corrected chi connectivity index (χ1v) is 15.0. The molecule has 0 bridgehead atoms. The number of anilines is 1. The van der Waals surface area contributed by atoms with Gasteiger partial charge >= 0.3 is 5.91 Å². The van der Waals surface area contributed by atoms with Gasteiger partial charge in [-0.2, -0.15) is 0 Å². The van der Waals surface area contributed by atoms with Gasteiger partial charge in [0.1, 0.15) is 29.1 Å². The average molecular weight is 585 g/mol. The number of aliphatic hydroxyl groups excluding tert-OH is 1. The molecule has 3 heterocycles. The van der Waals surface area contributed by atoms with E-state index in [0.717, 1.165) is 35.3 Å². The number of carbonyl (C=O) groups is 2. The molecule has 216 valence electrons. The molecule has 9 heteroatoms. The predicted molar refractivity (Wildman–Crippen MR) is 163 cm³/mol. The fraction of sp³-hybridized carbons (Fsp3) is 0.303. The van der Waals surface area contributed by atoms with Crippen LogP contribution in [-0.2, 0) is 16.0 Å². The zero-order valence-corrected chi connectivity index (χ0v) is 24.6. The number of thiazole rings is 1. The first-order chi connectivity index (χ1) is 20.4. The maximum absolute atomic E-state index is 13.7. The molecule has 1 saturated heterocycles. The molecular weight excluding hydrogens is 552 g/mol. The SMILES string of the molecule is CCCCCOc1ccc([C@H]2/C(=C(\O)c3ccc4c(c3)C[C@H](C)O4)C(=O)C(=O)N2c2nc3ccc(OC)cc3s2)cc1. The van der Waals surface area contributed by atoms with E-state index >= 15 is 0 Å². The van der Waals surface area contributed by atoms with Crippen molar-refractivity contribution in [1.82, 2.24) is 4.98 Å². The van der Waals surface area contributed by atoms with Gasteiger partial charge in [-0.1, -0.05) is 43.2 Å². The summed E-state index contributed by atoms with van der Waals surface area (Å²) in [6.45, 7) is 4.74. The van der Waals surface area contributed by atoms with E-state index in [9.17, 15) is 14.7 Å². The van der Waals surface area contributed by atoms with E-state index in [-0.39, 0.29) is 17.4 Å². The normalized spacial score (nSPS) is 19.3. The van der Waals surface area contributed by atoms with Crippen LogP contribution in [0.5, 0.6) is 17.2 Å². The molecule has 2 aliphatic heterocycles. The zero-order chi connectivity index (χ0) is 29.4. The average Bonchev–Trinajstić information content (AvgIpc) is 3.66. The van der Waals surface area contributed by atoms with Gasteiger partial charge in [-0.3, -0.25) is 14.5 Å². The van der Waals surface area contributed by atoms with Crippen molar-refractivity contribution in [3.8, 4) is 17.2 Å². The summed E-state index contributed by atoms with van der Waals surface area (Å²) in [5, 5.41) is 12.0. The summed E-state index contributed by atoms with van der Waals surface area (Å²) in [6, 6.07) is 17.3. The molecule has 6 rings (SSSR count). The van der Waals surface area contributed by atoms with Crippen LogP contribution in [-0.4, -0.2) is 41.6 Å². The number of amides is 1. The summed E-state index contributed by atoms with van der Waals surface area (Å²) < 4.78 is 17.9. The third-order valence-corrected chi connectivity index (χ3v) is 8.63. The highest BCUT2D eigenvalue weighted by atomic mass is 32.1. The largest absolute Gasteiger partial charge is 0.507 e. The number of Topliss-reactive ketones (excluding diaryl/α,β-unsaturated/α-hetero) is 1. The number of methoxy groups -OCH3 is 1. The van der Waals surface area contributed by atoms with Gasteiger partial charge in [0.25, 0.3) is 5.78 Å². The fourth-order valence-corrected chi connectivity index (χ4v) is 6.50. The highest BCUT2D eigenvalue weighted by molar-refractivity contribution is 7.22. The first kappa shape index (κ1) is 27.8. The Labute approximate surface area is 248 Å². The maximum Gasteiger partial charge on any atom is 0.301 e. The molecule has 1 N–H and O–H groups in total. The van der Waals surface area contributed by atoms with Crippen LogP contribution in [0.4, 0.5) is 5.13 Å². The Morgan fingerprint density at radius 2 is 1.86 bits per heavy atom. The van der Waals surface area contributed by atoms with E-state index in [4.69, 9.17) is 19.2 Å². The third kappa shape index (κ3) is 5.09. The van der Waals surface area contributed by atoms with Gasteiger partial charge in [-0.05, 0) is 73.0 Å². The quantitative estimate of drug-likeness (QED) is 0.0997. The summed E-state index contributed by atoms with van der Waals surface area (Å²) in [6.07, 6.45) is 3.89. The summed E-state index contributed by atoms with van der Waals surface area (Å²) in [5.41, 5.74) is 2.76. The second-order valence-electron chi connectivity index (χ2n) is 10.6. The minimum absolute atomic E-state index is 0.0142. The van der Waals surface area contributed by atoms with E-state index in [2.05, 4.69) is 6.92 Å². The molecular formula is C33H32N2O6S. The molecule has 2 aliphatic rings. The number of hydrogen-bond acceptors (Lipinski definition) is 8. The van der Waals surface area contributed by atoms with Crippen molar-refractivity contribution < 1.29 is 28.9 Å². The van der Waals surface area contributed by atoms with E-state index in [0.29, 0.717) is 46.3 Å². The molecule has 8 nitrogen and oxygen atoms in total. The lowest BCUT2D eigenvalue weighted by atomic mass is 9.94. The van der Waals surface area contributed by atoms with Gasteiger partial charge in [-0.25, -0.2) is 4.98 Å². The topological polar surface area (TPSA) is 98.2 Å². The Bertz CT molecular complexity index is 1690. The Balaban J connectivity index is 1.44. The fourth-order valence-electron chi connectivity index (χ4n) is 5.48. The summed E-state index contributed by atoms with van der Waals surface area (Å²) in [4.78, 5) is 33.4. The minimum Gasteiger partial charge on any atom is -0.507 e. The van der Waals surface area contributed by atoms with Gasteiger partial charge in [0.15, 0.2) is 5.13 Å². The summed E-state index contributed by atoms with van der Waals surface area (Å²) >= 11 is 1.29. The van der Waals surface area contributed by atoms with Crippen LogP contribution >= 0.6 is 11.3 Å². The monoisotopic (exact) mass is 584 g/mol. The smallest absolute Gasteiger partial charge is 0.301 e. The van der Waals surface area contributed by atoms with Crippen LogP contribution < -0.4 is 19.1 Å². The van der Waals surface area contributed by atoms with E-state index < -0.39 is 17.7 Å². The van der Waals surface area contributed by atoms with Gasteiger partial charge in [0, 0.05) is 12.0 Å². The van der Waals surface area contributed by atoms with Crippen molar-refractivity contribution in [3.63, 3.8) is 0 Å². The second-order valence-corrected chi connectivity index (χ2v) is 11.6. The number of ketones is 1. The highest BCUT2D eigenvalue weighted by Crippen LogP contribution is 2.45. The number of ether oxygens (including phenoxy) is 3. The Morgan fingerprint density at radius 1 is 1.07 bits per heavy atom. The van der Waals surface area contributed by atoms with Gasteiger partial charge in [0.2, 0.25) is 0 Å². The van der Waals surface area contributed by atoms with Crippen LogP contribution in [0.15, 0.2) is 66.2 Å². The van der Waals surface area contributed by atoms with Crippen molar-refractivity contribution in [2.75, 3.05) is 18.6 Å². The maximum atomic E-state index is 13.7. The molecule has 4 aromatic rings. The number of unbranched alkanes of at least 4 members (excludes halogenated alkanes) is 2. The summed E-state index contributed by atoms with van der Waals surface area (Å²) in [7, 11) is 1.59. The van der Waals surface area contributed by atoms with Crippen molar-refractivity contribution >= 4 is 44.1 Å². The van der Waals surface area contributed by atoms with Crippen LogP contribution in [0.1, 0.15) is 55.8 Å². The van der Waals surface area contributed by atoms with E-state index in [1.54, 1.807) is 25.3 Å². The number of benzene rings is 3. The molecule has 0 spiro atoms. The van der Waals surface area contributed by atoms with Crippen molar-refractivity contribution in [1.29, 1.82) is 0 Å². The standard InChI is InChI=1S/C33H32N2O6S/c1-4-5-6-15-40-23-10-7-20(8-11-23)29-28(30(36)21-9-14-26-22(17-21)16-19(2)41-26)31(37)32(38)35(29)33-34-25-13-12-24(39-3)18-27(25)42-33/h7-14,17-19,29,36H,4-6,15-16H2,1-3H3/b30-28+/t19-,29-/m0/s1. The molecule has 1 amide bonds. The lowest BCUT2D eigenvalue weighted by Gasteiger charge is -2.23. The number of fused-ring (bicyclic) bond motifs is 2. The molecule has 0 aliphatic carbocycles. The van der Waals surface area contributed by atoms with Gasteiger partial charge in [-0.15, -0.1) is 0 Å². The number of hydrogen-bond donors (Lipinski definition) is 1. The number of carbonyl (C=O) groups excluding carboxylic acids is 2. The van der Waals surface area contributed by atoms with Crippen LogP contribution in [0.2, 0.25) is 0 Å². The highest BCUT2D eigenvalue weighted by Gasteiger charge is 2.48. The van der Waals surface area contributed by atoms with Crippen LogP contribution in [0, 0.1) is 0 Å². The predicted octanol–water partition coefficient (Wildman–Crippen LogP) is 6.82. The van der Waals surface area contributed by atoms with Crippen molar-refractivity contribution in [3.05, 3.63) is 82.9 Å².